The summed E-state index contributed by atoms with van der Waals surface area (Å²) < 4.78 is 0. The van der Waals surface area contributed by atoms with E-state index >= 15 is 0 Å². The topological polar surface area (TPSA) is 55.1 Å². The monoisotopic (exact) mass is 274 g/mol. The van der Waals surface area contributed by atoms with Crippen molar-refractivity contribution >= 4 is 17.7 Å². The predicted molar refractivity (Wildman–Crippen MR) is 86.2 cm³/mol. The first-order valence-electron chi connectivity index (χ1n) is 7.47. The Balaban J connectivity index is 2.37. The summed E-state index contributed by atoms with van der Waals surface area (Å²) in [6.45, 7) is 5.14. The van der Waals surface area contributed by atoms with Gasteiger partial charge in [0.25, 0.3) is 0 Å². The van der Waals surface area contributed by atoms with Crippen LogP contribution in [0.25, 0.3) is 6.08 Å². The molecule has 1 atom stereocenters. The highest BCUT2D eigenvalue weighted by atomic mass is 16.1. The molecule has 110 valence electrons. The number of rotatable bonds is 8. The normalized spacial score (nSPS) is 12.5. The number of amides is 1. The van der Waals surface area contributed by atoms with E-state index in [0.717, 1.165) is 24.2 Å². The molecule has 1 amide bonds. The molecule has 3 heteroatoms. The molecule has 1 aromatic rings. The zero-order valence-corrected chi connectivity index (χ0v) is 12.6. The van der Waals surface area contributed by atoms with E-state index in [1.54, 1.807) is 6.08 Å². The molecule has 1 unspecified atom stereocenters. The van der Waals surface area contributed by atoms with Gasteiger partial charge in [0.2, 0.25) is 5.91 Å². The van der Waals surface area contributed by atoms with Gasteiger partial charge in [-0.15, -0.1) is 0 Å². The first-order valence-corrected chi connectivity index (χ1v) is 7.47. The van der Waals surface area contributed by atoms with Crippen molar-refractivity contribution in [1.82, 2.24) is 5.32 Å². The lowest BCUT2D eigenvalue weighted by atomic mass is 9.99. The van der Waals surface area contributed by atoms with Crippen LogP contribution < -0.4 is 11.1 Å². The molecule has 1 aromatic carbocycles. The van der Waals surface area contributed by atoms with Gasteiger partial charge in [-0.05, 0) is 36.1 Å². The fourth-order valence-corrected chi connectivity index (χ4v) is 2.03. The number of anilines is 1. The highest BCUT2D eigenvalue weighted by molar-refractivity contribution is 5.91. The van der Waals surface area contributed by atoms with E-state index < -0.39 is 0 Å². The van der Waals surface area contributed by atoms with Gasteiger partial charge in [0.1, 0.15) is 0 Å². The molecular formula is C17H26N2O. The van der Waals surface area contributed by atoms with Crippen LogP contribution in [0.1, 0.15) is 45.1 Å². The van der Waals surface area contributed by atoms with E-state index in [-0.39, 0.29) is 5.91 Å². The van der Waals surface area contributed by atoms with Crippen LogP contribution >= 0.6 is 0 Å². The molecule has 0 fully saturated rings. The summed E-state index contributed by atoms with van der Waals surface area (Å²) in [5.74, 6) is 0.556. The van der Waals surface area contributed by atoms with Crippen molar-refractivity contribution in [2.75, 3.05) is 12.3 Å². The second kappa shape index (κ2) is 9.18. The van der Waals surface area contributed by atoms with Gasteiger partial charge in [0.15, 0.2) is 0 Å². The maximum atomic E-state index is 11.8. The SMILES string of the molecule is CCCCC(CC)CNC(=O)/C=C/c1ccc(N)cc1. The molecule has 0 saturated heterocycles. The van der Waals surface area contributed by atoms with Crippen molar-refractivity contribution in [3.63, 3.8) is 0 Å². The summed E-state index contributed by atoms with van der Waals surface area (Å²) in [4.78, 5) is 11.8. The Kier molecular flexibility index (Phi) is 7.48. The standard InChI is InChI=1S/C17H26N2O/c1-3-5-6-14(4-2)13-19-17(20)12-9-15-7-10-16(18)11-8-15/h7-12,14H,3-6,13,18H2,1-2H3,(H,19,20)/b12-9+. The number of nitrogens with one attached hydrogen (secondary N) is 1. The van der Waals surface area contributed by atoms with Crippen LogP contribution in [-0.2, 0) is 4.79 Å². The third-order valence-corrected chi connectivity index (χ3v) is 3.47. The molecule has 0 bridgehead atoms. The molecule has 20 heavy (non-hydrogen) atoms. The van der Waals surface area contributed by atoms with Crippen molar-refractivity contribution in [2.45, 2.75) is 39.5 Å². The molecule has 0 spiro atoms. The van der Waals surface area contributed by atoms with Gasteiger partial charge in [-0.3, -0.25) is 4.79 Å². The quantitative estimate of drug-likeness (QED) is 0.562. The van der Waals surface area contributed by atoms with Crippen LogP contribution in [0.3, 0.4) is 0 Å². The van der Waals surface area contributed by atoms with E-state index in [1.165, 1.54) is 19.3 Å². The lowest BCUT2D eigenvalue weighted by Gasteiger charge is -2.14. The lowest BCUT2D eigenvalue weighted by molar-refractivity contribution is -0.116. The average Bonchev–Trinajstić information content (AvgIpc) is 2.47. The fraction of sp³-hybridized carbons (Fsp3) is 0.471. The van der Waals surface area contributed by atoms with Crippen LogP contribution in [0.5, 0.6) is 0 Å². The van der Waals surface area contributed by atoms with Gasteiger partial charge in [-0.2, -0.15) is 0 Å². The van der Waals surface area contributed by atoms with Gasteiger partial charge < -0.3 is 11.1 Å². The average molecular weight is 274 g/mol. The van der Waals surface area contributed by atoms with Gasteiger partial charge in [-0.1, -0.05) is 45.2 Å². The van der Waals surface area contributed by atoms with Crippen LogP contribution in [0.15, 0.2) is 30.3 Å². The molecular weight excluding hydrogens is 248 g/mol. The van der Waals surface area contributed by atoms with Crippen molar-refractivity contribution in [2.24, 2.45) is 5.92 Å². The number of carbonyl (C=O) groups excluding carboxylic acids is 1. The largest absolute Gasteiger partial charge is 0.399 e. The molecule has 0 aliphatic carbocycles. The molecule has 0 saturated carbocycles. The summed E-state index contributed by atoms with van der Waals surface area (Å²) >= 11 is 0. The Morgan fingerprint density at radius 2 is 2.00 bits per heavy atom. The molecule has 3 nitrogen and oxygen atoms in total. The number of nitrogens with two attached hydrogens (primary N) is 1. The Labute approximate surface area is 122 Å². The number of hydrogen-bond acceptors (Lipinski definition) is 2. The van der Waals surface area contributed by atoms with E-state index in [9.17, 15) is 4.79 Å². The smallest absolute Gasteiger partial charge is 0.244 e. The van der Waals surface area contributed by atoms with Crippen molar-refractivity contribution in [3.8, 4) is 0 Å². The minimum atomic E-state index is -0.0308. The molecule has 3 N–H and O–H groups in total. The van der Waals surface area contributed by atoms with Crippen LogP contribution in [-0.4, -0.2) is 12.5 Å². The number of nitrogen functional groups attached to an aromatic ring is 1. The highest BCUT2D eigenvalue weighted by Gasteiger charge is 2.06. The summed E-state index contributed by atoms with van der Waals surface area (Å²) in [7, 11) is 0. The third kappa shape index (κ3) is 6.41. The summed E-state index contributed by atoms with van der Waals surface area (Å²) in [6, 6.07) is 7.45. The zero-order chi connectivity index (χ0) is 14.8. The minimum Gasteiger partial charge on any atom is -0.399 e. The van der Waals surface area contributed by atoms with E-state index in [2.05, 4.69) is 19.2 Å². The molecule has 0 radical (unpaired) electrons. The number of carbonyl (C=O) groups is 1. The van der Waals surface area contributed by atoms with E-state index in [1.807, 2.05) is 30.3 Å². The Morgan fingerprint density at radius 3 is 2.60 bits per heavy atom. The van der Waals surface area contributed by atoms with Crippen molar-refractivity contribution in [1.29, 1.82) is 0 Å². The Hall–Kier alpha value is -1.77. The van der Waals surface area contributed by atoms with Gasteiger partial charge in [-0.25, -0.2) is 0 Å². The number of hydrogen-bond donors (Lipinski definition) is 2. The molecule has 1 rings (SSSR count). The Morgan fingerprint density at radius 1 is 1.30 bits per heavy atom. The zero-order valence-electron chi connectivity index (χ0n) is 12.6. The molecule has 0 heterocycles. The first-order chi connectivity index (χ1) is 9.65. The fourth-order valence-electron chi connectivity index (χ4n) is 2.03. The summed E-state index contributed by atoms with van der Waals surface area (Å²) in [5, 5.41) is 2.97. The Bertz CT molecular complexity index is 423. The van der Waals surface area contributed by atoms with Crippen molar-refractivity contribution in [3.05, 3.63) is 35.9 Å². The summed E-state index contributed by atoms with van der Waals surface area (Å²) in [6.07, 6.45) is 8.13. The van der Waals surface area contributed by atoms with Crippen LogP contribution in [0, 0.1) is 5.92 Å². The van der Waals surface area contributed by atoms with Crippen LogP contribution in [0.4, 0.5) is 5.69 Å². The van der Waals surface area contributed by atoms with Gasteiger partial charge in [0.05, 0.1) is 0 Å². The molecule has 0 aromatic heterocycles. The second-order valence-corrected chi connectivity index (χ2v) is 5.16. The van der Waals surface area contributed by atoms with Gasteiger partial charge >= 0.3 is 0 Å². The van der Waals surface area contributed by atoms with Crippen LogP contribution in [0.2, 0.25) is 0 Å². The maximum absolute atomic E-state index is 11.8. The lowest BCUT2D eigenvalue weighted by Crippen LogP contribution is -2.27. The number of benzene rings is 1. The second-order valence-electron chi connectivity index (χ2n) is 5.16. The molecule has 0 aliphatic heterocycles. The number of unbranched alkanes of at least 4 members (excludes halogenated alkanes) is 1. The minimum absolute atomic E-state index is 0.0308. The van der Waals surface area contributed by atoms with E-state index in [0.29, 0.717) is 5.92 Å². The van der Waals surface area contributed by atoms with Gasteiger partial charge in [0, 0.05) is 18.3 Å². The maximum Gasteiger partial charge on any atom is 0.244 e. The predicted octanol–water partition coefficient (Wildman–Crippen LogP) is 3.61. The van der Waals surface area contributed by atoms with E-state index in [4.69, 9.17) is 5.73 Å². The third-order valence-electron chi connectivity index (χ3n) is 3.47. The summed E-state index contributed by atoms with van der Waals surface area (Å²) in [5.41, 5.74) is 7.32. The van der Waals surface area contributed by atoms with Crippen molar-refractivity contribution < 1.29 is 4.79 Å². The highest BCUT2D eigenvalue weighted by Crippen LogP contribution is 2.11. The molecule has 0 aliphatic rings. The first kappa shape index (κ1) is 16.3.